The van der Waals surface area contributed by atoms with Crippen LogP contribution in [0.4, 0.5) is 4.39 Å². The summed E-state index contributed by atoms with van der Waals surface area (Å²) in [6.45, 7) is 2.35. The summed E-state index contributed by atoms with van der Waals surface area (Å²) in [5, 5.41) is 8.39. The minimum absolute atomic E-state index is 0.166. The highest BCUT2D eigenvalue weighted by Gasteiger charge is 2.15. The summed E-state index contributed by atoms with van der Waals surface area (Å²) in [4.78, 5) is 15.8. The number of nitrogens with one attached hydrogen (secondary N) is 2. The SMILES string of the molecule is Cc1c(C(=O)NCCc2c[nH]c3ccccc23)cnn1-c1ccc(F)cc1. The lowest BCUT2D eigenvalue weighted by molar-refractivity contribution is 0.0953. The van der Waals surface area contributed by atoms with Crippen molar-refractivity contribution in [1.82, 2.24) is 20.1 Å². The Hall–Kier alpha value is -3.41. The van der Waals surface area contributed by atoms with Crippen LogP contribution in [0.1, 0.15) is 21.6 Å². The molecule has 0 saturated carbocycles. The summed E-state index contributed by atoms with van der Waals surface area (Å²) in [5.74, 6) is -0.473. The van der Waals surface area contributed by atoms with Gasteiger partial charge in [0.25, 0.3) is 5.91 Å². The maximum atomic E-state index is 13.1. The van der Waals surface area contributed by atoms with Gasteiger partial charge in [0, 0.05) is 23.6 Å². The van der Waals surface area contributed by atoms with E-state index in [0.29, 0.717) is 23.5 Å². The van der Waals surface area contributed by atoms with Crippen molar-refractivity contribution in [2.75, 3.05) is 6.54 Å². The summed E-state index contributed by atoms with van der Waals surface area (Å²) < 4.78 is 14.7. The van der Waals surface area contributed by atoms with Crippen LogP contribution in [0.15, 0.2) is 60.9 Å². The first-order valence-corrected chi connectivity index (χ1v) is 8.77. The van der Waals surface area contributed by atoms with E-state index < -0.39 is 0 Å². The standard InChI is InChI=1S/C21H19FN4O/c1-14-19(13-25-26(14)17-8-6-16(22)7-9-17)21(27)23-11-10-15-12-24-20-5-3-2-4-18(15)20/h2-9,12-13,24H,10-11H2,1H3,(H,23,27). The Balaban J connectivity index is 1.43. The number of aromatic nitrogens is 3. The predicted molar refractivity (Wildman–Crippen MR) is 103 cm³/mol. The van der Waals surface area contributed by atoms with Crippen LogP contribution in [0.5, 0.6) is 0 Å². The molecule has 0 aliphatic heterocycles. The molecule has 2 heterocycles. The van der Waals surface area contributed by atoms with Crippen LogP contribution < -0.4 is 5.32 Å². The van der Waals surface area contributed by atoms with Crippen LogP contribution >= 0.6 is 0 Å². The predicted octanol–water partition coefficient (Wildman–Crippen LogP) is 3.77. The normalized spacial score (nSPS) is 11.0. The van der Waals surface area contributed by atoms with Gasteiger partial charge in [-0.1, -0.05) is 18.2 Å². The van der Waals surface area contributed by atoms with Crippen LogP contribution in [-0.4, -0.2) is 27.2 Å². The van der Waals surface area contributed by atoms with Crippen molar-refractivity contribution in [3.05, 3.63) is 83.6 Å². The van der Waals surface area contributed by atoms with Gasteiger partial charge in [-0.05, 0) is 49.2 Å². The topological polar surface area (TPSA) is 62.7 Å². The summed E-state index contributed by atoms with van der Waals surface area (Å²) in [6.07, 6.45) is 4.26. The Labute approximate surface area is 155 Å². The van der Waals surface area contributed by atoms with Gasteiger partial charge in [-0.15, -0.1) is 0 Å². The lowest BCUT2D eigenvalue weighted by atomic mass is 10.1. The number of halogens is 1. The number of hydrogen-bond acceptors (Lipinski definition) is 2. The summed E-state index contributed by atoms with van der Waals surface area (Å²) in [7, 11) is 0. The first-order valence-electron chi connectivity index (χ1n) is 8.77. The second kappa shape index (κ2) is 7.07. The number of hydrogen-bond donors (Lipinski definition) is 2. The van der Waals surface area contributed by atoms with Crippen LogP contribution in [0.3, 0.4) is 0 Å². The summed E-state index contributed by atoms with van der Waals surface area (Å²) in [6, 6.07) is 14.1. The van der Waals surface area contributed by atoms with Crippen molar-refractivity contribution < 1.29 is 9.18 Å². The molecule has 6 heteroatoms. The van der Waals surface area contributed by atoms with E-state index in [1.807, 2.05) is 31.3 Å². The molecule has 0 unspecified atom stereocenters. The van der Waals surface area contributed by atoms with Gasteiger partial charge in [-0.3, -0.25) is 4.79 Å². The molecule has 0 bridgehead atoms. The van der Waals surface area contributed by atoms with Gasteiger partial charge in [-0.2, -0.15) is 5.10 Å². The van der Waals surface area contributed by atoms with Crippen LogP contribution in [0, 0.1) is 12.7 Å². The fourth-order valence-corrected chi connectivity index (χ4v) is 3.22. The van der Waals surface area contributed by atoms with Crippen molar-refractivity contribution in [1.29, 1.82) is 0 Å². The van der Waals surface area contributed by atoms with Gasteiger partial charge < -0.3 is 10.3 Å². The third-order valence-corrected chi connectivity index (χ3v) is 4.68. The highest BCUT2D eigenvalue weighted by molar-refractivity contribution is 5.95. The first kappa shape index (κ1) is 17.0. The molecule has 0 spiro atoms. The Bertz CT molecular complexity index is 1100. The number of carbonyl (C=O) groups is 1. The maximum absolute atomic E-state index is 13.1. The van der Waals surface area contributed by atoms with E-state index in [1.54, 1.807) is 23.0 Å². The smallest absolute Gasteiger partial charge is 0.254 e. The number of para-hydroxylation sites is 1. The molecule has 0 aliphatic carbocycles. The molecule has 0 fully saturated rings. The fourth-order valence-electron chi connectivity index (χ4n) is 3.22. The minimum atomic E-state index is -0.307. The van der Waals surface area contributed by atoms with E-state index in [9.17, 15) is 9.18 Å². The largest absolute Gasteiger partial charge is 0.361 e. The molecule has 0 atom stereocenters. The number of H-pyrrole nitrogens is 1. The third kappa shape index (κ3) is 3.33. The third-order valence-electron chi connectivity index (χ3n) is 4.68. The Kier molecular flexibility index (Phi) is 4.46. The van der Waals surface area contributed by atoms with Crippen LogP contribution in [-0.2, 0) is 6.42 Å². The number of rotatable bonds is 5. The molecule has 1 amide bonds. The lowest BCUT2D eigenvalue weighted by Gasteiger charge is -2.07. The molecule has 0 radical (unpaired) electrons. The van der Waals surface area contributed by atoms with E-state index >= 15 is 0 Å². The highest BCUT2D eigenvalue weighted by atomic mass is 19.1. The van der Waals surface area contributed by atoms with E-state index in [1.165, 1.54) is 23.1 Å². The number of benzene rings is 2. The monoisotopic (exact) mass is 362 g/mol. The van der Waals surface area contributed by atoms with Gasteiger partial charge in [0.05, 0.1) is 23.1 Å². The Morgan fingerprint density at radius 3 is 2.78 bits per heavy atom. The van der Waals surface area contributed by atoms with Crippen molar-refractivity contribution >= 4 is 16.8 Å². The average molecular weight is 362 g/mol. The van der Waals surface area contributed by atoms with Gasteiger partial charge in [0.15, 0.2) is 0 Å². The average Bonchev–Trinajstić information content (AvgIpc) is 3.26. The quantitative estimate of drug-likeness (QED) is 0.568. The molecule has 4 aromatic rings. The number of aromatic amines is 1. The van der Waals surface area contributed by atoms with E-state index in [2.05, 4.69) is 21.5 Å². The molecule has 0 aliphatic rings. The molecule has 136 valence electrons. The van der Waals surface area contributed by atoms with Crippen molar-refractivity contribution in [3.8, 4) is 5.69 Å². The van der Waals surface area contributed by atoms with Crippen molar-refractivity contribution in [3.63, 3.8) is 0 Å². The van der Waals surface area contributed by atoms with E-state index in [4.69, 9.17) is 0 Å². The molecule has 2 N–H and O–H groups in total. The number of carbonyl (C=O) groups excluding carboxylic acids is 1. The molecule has 4 rings (SSSR count). The summed E-state index contributed by atoms with van der Waals surface area (Å²) >= 11 is 0. The number of fused-ring (bicyclic) bond motifs is 1. The zero-order valence-corrected chi connectivity index (χ0v) is 14.9. The van der Waals surface area contributed by atoms with Crippen molar-refractivity contribution in [2.24, 2.45) is 0 Å². The fraction of sp³-hybridized carbons (Fsp3) is 0.143. The van der Waals surface area contributed by atoms with Gasteiger partial charge in [0.2, 0.25) is 0 Å². The lowest BCUT2D eigenvalue weighted by Crippen LogP contribution is -2.26. The summed E-state index contributed by atoms with van der Waals surface area (Å²) in [5.41, 5.74) is 4.20. The second-order valence-corrected chi connectivity index (χ2v) is 6.40. The number of nitrogens with zero attached hydrogens (tertiary/aromatic N) is 2. The Morgan fingerprint density at radius 2 is 1.96 bits per heavy atom. The molecular formula is C21H19FN4O. The van der Waals surface area contributed by atoms with Crippen LogP contribution in [0.25, 0.3) is 16.6 Å². The minimum Gasteiger partial charge on any atom is -0.361 e. The van der Waals surface area contributed by atoms with Gasteiger partial charge in [0.1, 0.15) is 5.82 Å². The van der Waals surface area contributed by atoms with E-state index in [0.717, 1.165) is 11.9 Å². The molecule has 27 heavy (non-hydrogen) atoms. The molecule has 2 aromatic heterocycles. The van der Waals surface area contributed by atoms with Gasteiger partial charge >= 0.3 is 0 Å². The van der Waals surface area contributed by atoms with Crippen molar-refractivity contribution in [2.45, 2.75) is 13.3 Å². The van der Waals surface area contributed by atoms with Gasteiger partial charge in [-0.25, -0.2) is 9.07 Å². The molecule has 5 nitrogen and oxygen atoms in total. The zero-order chi connectivity index (χ0) is 18.8. The molecule has 0 saturated heterocycles. The maximum Gasteiger partial charge on any atom is 0.254 e. The molecular weight excluding hydrogens is 343 g/mol. The van der Waals surface area contributed by atoms with Crippen LogP contribution in [0.2, 0.25) is 0 Å². The highest BCUT2D eigenvalue weighted by Crippen LogP contribution is 2.18. The van der Waals surface area contributed by atoms with E-state index in [-0.39, 0.29) is 11.7 Å². The number of amides is 1. The first-order chi connectivity index (χ1) is 13.1. The second-order valence-electron chi connectivity index (χ2n) is 6.40. The molecule has 2 aromatic carbocycles. The zero-order valence-electron chi connectivity index (χ0n) is 14.9. The Morgan fingerprint density at radius 1 is 1.19 bits per heavy atom.